The van der Waals surface area contributed by atoms with Crippen LogP contribution in [0.5, 0.6) is 0 Å². The molecule has 0 atom stereocenters. The second-order valence-electron chi connectivity index (χ2n) is 3.60. The average molecular weight is 246 g/mol. The molecular weight excluding hydrogens is 238 g/mol. The zero-order chi connectivity index (χ0) is 11.8. The molecule has 2 aromatic heterocycles. The molecule has 0 amide bonds. The van der Waals surface area contributed by atoms with Crippen molar-refractivity contribution >= 4 is 28.4 Å². The Bertz CT molecular complexity index is 693. The SMILES string of the molecule is Nc1ccc2oc(-c3ccncc3Cl)nc2c1. The first-order valence-electron chi connectivity index (χ1n) is 5.00. The summed E-state index contributed by atoms with van der Waals surface area (Å²) in [5.41, 5.74) is 8.45. The Labute approximate surface area is 102 Å². The molecule has 17 heavy (non-hydrogen) atoms. The van der Waals surface area contributed by atoms with E-state index in [-0.39, 0.29) is 0 Å². The highest BCUT2D eigenvalue weighted by atomic mass is 35.5. The van der Waals surface area contributed by atoms with Crippen molar-refractivity contribution in [3.8, 4) is 11.5 Å². The predicted molar refractivity (Wildman–Crippen MR) is 66.7 cm³/mol. The zero-order valence-corrected chi connectivity index (χ0v) is 9.48. The molecule has 5 heteroatoms. The van der Waals surface area contributed by atoms with Crippen LogP contribution in [0, 0.1) is 0 Å². The summed E-state index contributed by atoms with van der Waals surface area (Å²) in [6.07, 6.45) is 3.20. The number of nitrogens with two attached hydrogens (primary N) is 1. The van der Waals surface area contributed by atoms with Crippen molar-refractivity contribution in [2.45, 2.75) is 0 Å². The molecule has 3 rings (SSSR count). The highest BCUT2D eigenvalue weighted by Crippen LogP contribution is 2.29. The molecule has 0 aliphatic carbocycles. The Hall–Kier alpha value is -2.07. The van der Waals surface area contributed by atoms with Gasteiger partial charge in [-0.3, -0.25) is 4.98 Å². The maximum Gasteiger partial charge on any atom is 0.228 e. The van der Waals surface area contributed by atoms with Gasteiger partial charge in [0.1, 0.15) is 5.52 Å². The molecule has 0 saturated heterocycles. The van der Waals surface area contributed by atoms with Crippen LogP contribution in [0.4, 0.5) is 5.69 Å². The van der Waals surface area contributed by atoms with Crippen LogP contribution in [-0.2, 0) is 0 Å². The van der Waals surface area contributed by atoms with Gasteiger partial charge in [-0.25, -0.2) is 4.98 Å². The highest BCUT2D eigenvalue weighted by Gasteiger charge is 2.11. The Morgan fingerprint density at radius 3 is 2.94 bits per heavy atom. The van der Waals surface area contributed by atoms with Crippen molar-refractivity contribution in [2.75, 3.05) is 5.73 Å². The van der Waals surface area contributed by atoms with Gasteiger partial charge in [-0.1, -0.05) is 11.6 Å². The van der Waals surface area contributed by atoms with Crippen LogP contribution in [0.2, 0.25) is 5.02 Å². The number of benzene rings is 1. The predicted octanol–water partition coefficient (Wildman–Crippen LogP) is 3.13. The topological polar surface area (TPSA) is 64.9 Å². The summed E-state index contributed by atoms with van der Waals surface area (Å²) in [5, 5.41) is 0.507. The number of halogens is 1. The van der Waals surface area contributed by atoms with Gasteiger partial charge in [0.05, 0.1) is 10.6 Å². The van der Waals surface area contributed by atoms with Gasteiger partial charge >= 0.3 is 0 Å². The number of hydrogen-bond acceptors (Lipinski definition) is 4. The van der Waals surface area contributed by atoms with Crippen LogP contribution in [0.1, 0.15) is 0 Å². The normalized spacial score (nSPS) is 10.9. The van der Waals surface area contributed by atoms with Gasteiger partial charge in [0.25, 0.3) is 0 Å². The number of pyridine rings is 1. The lowest BCUT2D eigenvalue weighted by molar-refractivity contribution is 0.620. The van der Waals surface area contributed by atoms with Gasteiger partial charge in [0.15, 0.2) is 5.58 Å². The van der Waals surface area contributed by atoms with E-state index in [0.29, 0.717) is 27.7 Å². The largest absolute Gasteiger partial charge is 0.436 e. The summed E-state index contributed by atoms with van der Waals surface area (Å²) in [4.78, 5) is 8.26. The van der Waals surface area contributed by atoms with Crippen molar-refractivity contribution in [1.29, 1.82) is 0 Å². The lowest BCUT2D eigenvalue weighted by Gasteiger charge is -1.96. The number of aromatic nitrogens is 2. The summed E-state index contributed by atoms with van der Waals surface area (Å²) in [7, 11) is 0. The van der Waals surface area contributed by atoms with E-state index in [0.717, 1.165) is 5.56 Å². The molecule has 0 fully saturated rings. The molecule has 1 aromatic carbocycles. The first-order valence-corrected chi connectivity index (χ1v) is 5.38. The molecule has 0 saturated carbocycles. The molecule has 3 aromatic rings. The third kappa shape index (κ3) is 1.72. The fraction of sp³-hybridized carbons (Fsp3) is 0. The standard InChI is InChI=1S/C12H8ClN3O/c13-9-6-15-4-3-8(9)12-16-10-5-7(14)1-2-11(10)17-12/h1-6H,14H2. The lowest BCUT2D eigenvalue weighted by atomic mass is 10.3. The number of nitrogen functional groups attached to an aromatic ring is 1. The molecule has 0 aliphatic rings. The molecule has 2 heterocycles. The van der Waals surface area contributed by atoms with Crippen molar-refractivity contribution < 1.29 is 4.42 Å². The van der Waals surface area contributed by atoms with Gasteiger partial charge < -0.3 is 10.2 Å². The summed E-state index contributed by atoms with van der Waals surface area (Å²) in [5.74, 6) is 0.470. The summed E-state index contributed by atoms with van der Waals surface area (Å²) in [6, 6.07) is 7.08. The Balaban J connectivity index is 2.22. The van der Waals surface area contributed by atoms with E-state index in [4.69, 9.17) is 21.8 Å². The third-order valence-corrected chi connectivity index (χ3v) is 2.72. The molecule has 0 bridgehead atoms. The van der Waals surface area contributed by atoms with Gasteiger partial charge in [-0.15, -0.1) is 0 Å². The van der Waals surface area contributed by atoms with Crippen LogP contribution in [0.3, 0.4) is 0 Å². The van der Waals surface area contributed by atoms with E-state index in [9.17, 15) is 0 Å². The number of nitrogens with zero attached hydrogens (tertiary/aromatic N) is 2. The molecular formula is C12H8ClN3O. The van der Waals surface area contributed by atoms with Crippen molar-refractivity contribution in [3.05, 3.63) is 41.7 Å². The van der Waals surface area contributed by atoms with E-state index < -0.39 is 0 Å². The summed E-state index contributed by atoms with van der Waals surface area (Å²) < 4.78 is 5.61. The van der Waals surface area contributed by atoms with Crippen LogP contribution >= 0.6 is 11.6 Å². The monoisotopic (exact) mass is 245 g/mol. The van der Waals surface area contributed by atoms with E-state index in [1.54, 1.807) is 36.7 Å². The fourth-order valence-corrected chi connectivity index (χ4v) is 1.81. The molecule has 0 radical (unpaired) electrons. The third-order valence-electron chi connectivity index (χ3n) is 2.41. The minimum absolute atomic E-state index is 0.470. The highest BCUT2D eigenvalue weighted by molar-refractivity contribution is 6.33. The van der Waals surface area contributed by atoms with E-state index in [1.165, 1.54) is 0 Å². The quantitative estimate of drug-likeness (QED) is 0.669. The van der Waals surface area contributed by atoms with Crippen LogP contribution in [-0.4, -0.2) is 9.97 Å². The smallest absolute Gasteiger partial charge is 0.228 e. The maximum atomic E-state index is 6.03. The van der Waals surface area contributed by atoms with Crippen molar-refractivity contribution in [1.82, 2.24) is 9.97 Å². The van der Waals surface area contributed by atoms with E-state index >= 15 is 0 Å². The Morgan fingerprint density at radius 2 is 2.12 bits per heavy atom. The van der Waals surface area contributed by atoms with Gasteiger partial charge in [-0.05, 0) is 24.3 Å². The molecule has 0 aliphatic heterocycles. The first-order chi connectivity index (χ1) is 8.24. The van der Waals surface area contributed by atoms with Crippen LogP contribution in [0.15, 0.2) is 41.1 Å². The minimum atomic E-state index is 0.470. The maximum absolute atomic E-state index is 6.03. The molecule has 84 valence electrons. The van der Waals surface area contributed by atoms with E-state index in [2.05, 4.69) is 9.97 Å². The second kappa shape index (κ2) is 3.75. The number of rotatable bonds is 1. The second-order valence-corrected chi connectivity index (χ2v) is 4.01. The lowest BCUT2D eigenvalue weighted by Crippen LogP contribution is -1.82. The molecule has 0 unspecified atom stereocenters. The van der Waals surface area contributed by atoms with Crippen molar-refractivity contribution in [3.63, 3.8) is 0 Å². The van der Waals surface area contributed by atoms with Crippen LogP contribution in [0.25, 0.3) is 22.6 Å². The van der Waals surface area contributed by atoms with E-state index in [1.807, 2.05) is 0 Å². The first kappa shape index (κ1) is 10.1. The number of hydrogen-bond donors (Lipinski definition) is 1. The zero-order valence-electron chi connectivity index (χ0n) is 8.72. The number of oxazole rings is 1. The Kier molecular flexibility index (Phi) is 2.23. The van der Waals surface area contributed by atoms with Gasteiger partial charge in [0, 0.05) is 18.1 Å². The van der Waals surface area contributed by atoms with Crippen molar-refractivity contribution in [2.24, 2.45) is 0 Å². The molecule has 4 nitrogen and oxygen atoms in total. The fourth-order valence-electron chi connectivity index (χ4n) is 1.61. The number of anilines is 1. The Morgan fingerprint density at radius 1 is 1.24 bits per heavy atom. The minimum Gasteiger partial charge on any atom is -0.436 e. The summed E-state index contributed by atoms with van der Waals surface area (Å²) in [6.45, 7) is 0. The summed E-state index contributed by atoms with van der Waals surface area (Å²) >= 11 is 6.03. The average Bonchev–Trinajstić information content (AvgIpc) is 2.72. The molecule has 0 spiro atoms. The van der Waals surface area contributed by atoms with Crippen LogP contribution < -0.4 is 5.73 Å². The van der Waals surface area contributed by atoms with Gasteiger partial charge in [-0.2, -0.15) is 0 Å². The number of fused-ring (bicyclic) bond motifs is 1. The van der Waals surface area contributed by atoms with Gasteiger partial charge in [0.2, 0.25) is 5.89 Å². The molecule has 2 N–H and O–H groups in total.